The first-order valence-electron chi connectivity index (χ1n) is 9.59. The number of nitriles is 1. The van der Waals surface area contributed by atoms with Crippen LogP contribution >= 0.6 is 23.4 Å². The Bertz CT molecular complexity index is 994. The predicted octanol–water partition coefficient (Wildman–Crippen LogP) is 6.04. The topological polar surface area (TPSA) is 63.7 Å². The summed E-state index contributed by atoms with van der Waals surface area (Å²) in [6, 6.07) is 17.5. The molecule has 0 saturated heterocycles. The Morgan fingerprint density at radius 3 is 2.66 bits per heavy atom. The van der Waals surface area contributed by atoms with Gasteiger partial charge in [0, 0.05) is 11.8 Å². The third kappa shape index (κ3) is 5.31. The monoisotopic (exact) mass is 426 g/mol. The molecule has 7 heteroatoms. The summed E-state index contributed by atoms with van der Waals surface area (Å²) in [6.45, 7) is 4.63. The van der Waals surface area contributed by atoms with Crippen LogP contribution in [-0.4, -0.2) is 14.8 Å². The van der Waals surface area contributed by atoms with Crippen LogP contribution in [0.5, 0.6) is 5.75 Å². The van der Waals surface area contributed by atoms with Crippen molar-refractivity contribution in [3.63, 3.8) is 0 Å². The maximum absolute atomic E-state index is 9.10. The van der Waals surface area contributed by atoms with Crippen molar-refractivity contribution < 1.29 is 4.74 Å². The van der Waals surface area contributed by atoms with Gasteiger partial charge in [0.2, 0.25) is 0 Å². The molecule has 2 aromatic carbocycles. The molecule has 0 atom stereocenters. The molecule has 5 nitrogen and oxygen atoms in total. The molecule has 0 unspecified atom stereocenters. The lowest BCUT2D eigenvalue weighted by molar-refractivity contribution is 0.278. The summed E-state index contributed by atoms with van der Waals surface area (Å²) in [4.78, 5) is 0. The summed E-state index contributed by atoms with van der Waals surface area (Å²) >= 11 is 7.82. The van der Waals surface area contributed by atoms with E-state index in [1.54, 1.807) is 17.8 Å². The van der Waals surface area contributed by atoms with Crippen molar-refractivity contribution in [2.75, 3.05) is 0 Å². The Kier molecular flexibility index (Phi) is 7.56. The normalized spacial score (nSPS) is 10.9. The van der Waals surface area contributed by atoms with Crippen molar-refractivity contribution in [2.45, 2.75) is 50.2 Å². The number of aromatic nitrogens is 3. The van der Waals surface area contributed by atoms with Crippen LogP contribution < -0.4 is 4.74 Å². The fourth-order valence-corrected chi connectivity index (χ4v) is 4.27. The largest absolute Gasteiger partial charge is 0.484 e. The summed E-state index contributed by atoms with van der Waals surface area (Å²) in [5.74, 6) is 2.14. The van der Waals surface area contributed by atoms with E-state index in [0.29, 0.717) is 29.0 Å². The van der Waals surface area contributed by atoms with E-state index in [9.17, 15) is 0 Å². The maximum atomic E-state index is 9.10. The molecule has 0 bridgehead atoms. The van der Waals surface area contributed by atoms with E-state index >= 15 is 0 Å². The first-order chi connectivity index (χ1) is 14.2. The highest BCUT2D eigenvalue weighted by Crippen LogP contribution is 2.30. The van der Waals surface area contributed by atoms with Gasteiger partial charge >= 0.3 is 0 Å². The number of rotatable bonds is 9. The molecule has 0 fully saturated rings. The summed E-state index contributed by atoms with van der Waals surface area (Å²) < 4.78 is 8.08. The molecule has 0 N–H and O–H groups in total. The lowest BCUT2D eigenvalue weighted by atomic mass is 10.2. The van der Waals surface area contributed by atoms with Crippen molar-refractivity contribution in [3.8, 4) is 11.8 Å². The SMILES string of the molecule is CCC(CC)n1c(COc2ccccc2Cl)nnc1SCc1cccc(C#N)c1. The van der Waals surface area contributed by atoms with Crippen LogP contribution in [0, 0.1) is 11.3 Å². The summed E-state index contributed by atoms with van der Waals surface area (Å²) in [7, 11) is 0. The third-order valence-electron chi connectivity index (χ3n) is 4.66. The highest BCUT2D eigenvalue weighted by molar-refractivity contribution is 7.98. The molecule has 0 aliphatic heterocycles. The van der Waals surface area contributed by atoms with Gasteiger partial charge < -0.3 is 9.30 Å². The molecule has 3 aromatic rings. The van der Waals surface area contributed by atoms with E-state index < -0.39 is 0 Å². The van der Waals surface area contributed by atoms with Gasteiger partial charge in [0.15, 0.2) is 11.0 Å². The second kappa shape index (κ2) is 10.3. The zero-order valence-corrected chi connectivity index (χ0v) is 18.1. The van der Waals surface area contributed by atoms with Gasteiger partial charge in [-0.3, -0.25) is 0 Å². The number of para-hydroxylation sites is 1. The van der Waals surface area contributed by atoms with Crippen molar-refractivity contribution in [1.82, 2.24) is 14.8 Å². The molecule has 3 rings (SSSR count). The van der Waals surface area contributed by atoms with Crippen LogP contribution in [0.25, 0.3) is 0 Å². The van der Waals surface area contributed by atoms with Crippen LogP contribution in [0.1, 0.15) is 49.7 Å². The second-order valence-corrected chi connectivity index (χ2v) is 7.91. The van der Waals surface area contributed by atoms with Gasteiger partial charge in [-0.05, 0) is 42.7 Å². The molecule has 1 aromatic heterocycles. The minimum atomic E-state index is 0.294. The van der Waals surface area contributed by atoms with Crippen LogP contribution in [0.15, 0.2) is 53.7 Å². The quantitative estimate of drug-likeness (QED) is 0.390. The molecule has 0 spiro atoms. The summed E-state index contributed by atoms with van der Waals surface area (Å²) in [5.41, 5.74) is 1.75. The molecular formula is C22H23ClN4OS. The van der Waals surface area contributed by atoms with E-state index in [1.807, 2.05) is 42.5 Å². The minimum absolute atomic E-state index is 0.294. The van der Waals surface area contributed by atoms with Crippen molar-refractivity contribution in [1.29, 1.82) is 5.26 Å². The highest BCUT2D eigenvalue weighted by Gasteiger charge is 2.19. The van der Waals surface area contributed by atoms with E-state index in [4.69, 9.17) is 21.6 Å². The second-order valence-electron chi connectivity index (χ2n) is 6.56. The standard InChI is InChI=1S/C22H23ClN4OS/c1-3-18(4-2)27-21(14-28-20-11-6-5-10-19(20)23)25-26-22(27)29-15-17-9-7-8-16(12-17)13-24/h5-12,18H,3-4,14-15H2,1-2H3. The van der Waals surface area contributed by atoms with Crippen molar-refractivity contribution in [3.05, 3.63) is 70.5 Å². The zero-order valence-electron chi connectivity index (χ0n) is 16.5. The lowest BCUT2D eigenvalue weighted by Gasteiger charge is -2.19. The average molecular weight is 427 g/mol. The van der Waals surface area contributed by atoms with Gasteiger partial charge in [0.05, 0.1) is 16.7 Å². The van der Waals surface area contributed by atoms with Crippen LogP contribution in [0.2, 0.25) is 5.02 Å². The van der Waals surface area contributed by atoms with Crippen LogP contribution in [-0.2, 0) is 12.4 Å². The predicted molar refractivity (Wildman–Crippen MR) is 116 cm³/mol. The van der Waals surface area contributed by atoms with E-state index in [-0.39, 0.29) is 0 Å². The smallest absolute Gasteiger partial charge is 0.191 e. The average Bonchev–Trinajstić information content (AvgIpc) is 3.15. The lowest BCUT2D eigenvalue weighted by Crippen LogP contribution is -2.14. The number of ether oxygens (including phenoxy) is 1. The van der Waals surface area contributed by atoms with E-state index in [2.05, 4.69) is 34.7 Å². The summed E-state index contributed by atoms with van der Waals surface area (Å²) in [5, 5.41) is 19.4. The zero-order chi connectivity index (χ0) is 20.6. The number of thioether (sulfide) groups is 1. The van der Waals surface area contributed by atoms with Gasteiger partial charge in [-0.15, -0.1) is 10.2 Å². The fourth-order valence-electron chi connectivity index (χ4n) is 3.11. The molecule has 29 heavy (non-hydrogen) atoms. The number of nitrogens with zero attached hydrogens (tertiary/aromatic N) is 4. The van der Waals surface area contributed by atoms with Gasteiger partial charge in [-0.25, -0.2) is 0 Å². The Labute approximate surface area is 180 Å². The Balaban J connectivity index is 1.79. The van der Waals surface area contributed by atoms with Gasteiger partial charge in [0.25, 0.3) is 0 Å². The van der Waals surface area contributed by atoms with Crippen molar-refractivity contribution >= 4 is 23.4 Å². The Morgan fingerprint density at radius 2 is 1.93 bits per heavy atom. The van der Waals surface area contributed by atoms with Crippen LogP contribution in [0.3, 0.4) is 0 Å². The highest BCUT2D eigenvalue weighted by atomic mass is 35.5. The van der Waals surface area contributed by atoms with Crippen molar-refractivity contribution in [2.24, 2.45) is 0 Å². The Hall–Kier alpha value is -2.49. The molecule has 150 valence electrons. The minimum Gasteiger partial charge on any atom is -0.484 e. The first kappa shape index (κ1) is 21.2. The molecule has 0 radical (unpaired) electrons. The number of halogens is 1. The van der Waals surface area contributed by atoms with Gasteiger partial charge in [-0.1, -0.05) is 61.5 Å². The van der Waals surface area contributed by atoms with E-state index in [1.165, 1.54) is 0 Å². The third-order valence-corrected chi connectivity index (χ3v) is 5.99. The first-order valence-corrected chi connectivity index (χ1v) is 11.0. The molecule has 1 heterocycles. The summed E-state index contributed by atoms with van der Waals surface area (Å²) in [6.07, 6.45) is 1.95. The molecule has 0 aliphatic rings. The Morgan fingerprint density at radius 1 is 1.14 bits per heavy atom. The molecule has 0 saturated carbocycles. The van der Waals surface area contributed by atoms with Gasteiger partial charge in [-0.2, -0.15) is 5.26 Å². The number of hydrogen-bond acceptors (Lipinski definition) is 5. The number of benzene rings is 2. The van der Waals surface area contributed by atoms with Crippen LogP contribution in [0.4, 0.5) is 0 Å². The molecule has 0 amide bonds. The molecule has 0 aliphatic carbocycles. The number of hydrogen-bond donors (Lipinski definition) is 0. The van der Waals surface area contributed by atoms with E-state index in [0.717, 1.165) is 35.1 Å². The fraction of sp³-hybridized carbons (Fsp3) is 0.318. The maximum Gasteiger partial charge on any atom is 0.191 e. The van der Waals surface area contributed by atoms with Gasteiger partial charge in [0.1, 0.15) is 12.4 Å². The molecular weight excluding hydrogens is 404 g/mol.